The Morgan fingerprint density at radius 1 is 1.12 bits per heavy atom. The lowest BCUT2D eigenvalue weighted by molar-refractivity contribution is -0.139. The fourth-order valence-electron chi connectivity index (χ4n) is 3.40. The number of thioether (sulfide) groups is 1. The molecule has 2 N–H and O–H groups in total. The first-order valence-corrected chi connectivity index (χ1v) is 11.9. The molecule has 0 fully saturated rings. The van der Waals surface area contributed by atoms with E-state index in [1.54, 1.807) is 38.3 Å². The van der Waals surface area contributed by atoms with E-state index in [1.165, 1.54) is 11.8 Å². The molecule has 3 rings (SSSR count). The van der Waals surface area contributed by atoms with E-state index in [9.17, 15) is 9.59 Å². The molecule has 0 bridgehead atoms. The van der Waals surface area contributed by atoms with E-state index in [2.05, 4.69) is 10.6 Å². The van der Waals surface area contributed by atoms with Gasteiger partial charge in [0.1, 0.15) is 11.8 Å². The normalized spacial score (nSPS) is 15.2. The zero-order valence-electron chi connectivity index (χ0n) is 20.0. The van der Waals surface area contributed by atoms with Gasteiger partial charge < -0.3 is 25.0 Å². The highest BCUT2D eigenvalue weighted by Crippen LogP contribution is 2.33. The number of allylic oxidation sites excluding steroid dienone is 1. The minimum atomic E-state index is -0.524. The predicted octanol–water partition coefficient (Wildman–Crippen LogP) is 3.97. The Bertz CT molecular complexity index is 1080. The third-order valence-corrected chi connectivity index (χ3v) is 6.04. The number of hydrogen-bond donors (Lipinski definition) is 2. The Kier molecular flexibility index (Phi) is 8.59. The van der Waals surface area contributed by atoms with E-state index in [0.717, 1.165) is 17.0 Å². The first kappa shape index (κ1) is 25.2. The average molecular weight is 483 g/mol. The van der Waals surface area contributed by atoms with Crippen LogP contribution < -0.4 is 20.3 Å². The first-order chi connectivity index (χ1) is 16.3. The molecule has 1 atom stereocenters. The fraction of sp³-hybridized carbons (Fsp3) is 0.320. The lowest BCUT2D eigenvalue weighted by Gasteiger charge is -2.26. The van der Waals surface area contributed by atoms with Crippen molar-refractivity contribution in [2.24, 2.45) is 4.99 Å². The van der Waals surface area contributed by atoms with Crippen molar-refractivity contribution in [3.8, 4) is 5.75 Å². The number of rotatable bonds is 8. The molecule has 8 nitrogen and oxygen atoms in total. The number of benzene rings is 2. The van der Waals surface area contributed by atoms with Crippen molar-refractivity contribution in [2.45, 2.75) is 19.9 Å². The molecule has 1 aliphatic rings. The molecule has 0 aromatic heterocycles. The molecule has 0 aliphatic carbocycles. The standard InChI is InChI=1S/C25H30N4O4S/c1-6-33-24(31)22-16(2)26-25(28-23(22)17-7-11-19(12-8-17)29(3)4)34-15-21(30)27-18-9-13-20(32-5)14-10-18/h7-14,23H,6,15H2,1-5H3,(H,26,28)(H,27,30)/t23-/m1/s1. The largest absolute Gasteiger partial charge is 0.497 e. The van der Waals surface area contributed by atoms with E-state index in [-0.39, 0.29) is 18.3 Å². The maximum atomic E-state index is 12.7. The minimum absolute atomic E-state index is 0.159. The van der Waals surface area contributed by atoms with Crippen LogP contribution in [0.4, 0.5) is 11.4 Å². The van der Waals surface area contributed by atoms with Crippen LogP contribution >= 0.6 is 11.8 Å². The summed E-state index contributed by atoms with van der Waals surface area (Å²) in [5.74, 6) is 0.313. The summed E-state index contributed by atoms with van der Waals surface area (Å²) in [5.41, 5.74) is 3.73. The lowest BCUT2D eigenvalue weighted by Crippen LogP contribution is -2.31. The van der Waals surface area contributed by atoms with Crippen LogP contribution in [-0.4, -0.2) is 50.6 Å². The zero-order chi connectivity index (χ0) is 24.7. The van der Waals surface area contributed by atoms with Gasteiger partial charge in [-0.2, -0.15) is 0 Å². The van der Waals surface area contributed by atoms with Crippen molar-refractivity contribution in [3.05, 3.63) is 65.4 Å². The topological polar surface area (TPSA) is 92.3 Å². The van der Waals surface area contributed by atoms with Crippen LogP contribution in [0.2, 0.25) is 0 Å². The van der Waals surface area contributed by atoms with Gasteiger partial charge in [0.05, 0.1) is 25.0 Å². The highest BCUT2D eigenvalue weighted by atomic mass is 32.2. The highest BCUT2D eigenvalue weighted by Gasteiger charge is 2.30. The summed E-state index contributed by atoms with van der Waals surface area (Å²) in [4.78, 5) is 31.9. The van der Waals surface area contributed by atoms with Gasteiger partial charge in [-0.3, -0.25) is 4.79 Å². The molecule has 0 saturated carbocycles. The van der Waals surface area contributed by atoms with E-state index in [4.69, 9.17) is 14.5 Å². The summed E-state index contributed by atoms with van der Waals surface area (Å²) in [5, 5.41) is 6.58. The molecule has 34 heavy (non-hydrogen) atoms. The van der Waals surface area contributed by atoms with Gasteiger partial charge in [-0.05, 0) is 55.8 Å². The van der Waals surface area contributed by atoms with Gasteiger partial charge >= 0.3 is 5.97 Å². The summed E-state index contributed by atoms with van der Waals surface area (Å²) in [6.45, 7) is 3.87. The molecule has 0 radical (unpaired) electrons. The molecule has 0 saturated heterocycles. The number of carbonyl (C=O) groups excluding carboxylic acids is 2. The number of amides is 1. The molecule has 2 aromatic rings. The monoisotopic (exact) mass is 482 g/mol. The SMILES string of the molecule is CCOC(=O)C1=C(C)NC(SCC(=O)Nc2ccc(OC)cc2)=N[C@@H]1c1ccc(N(C)C)cc1. The van der Waals surface area contributed by atoms with Gasteiger partial charge in [0, 0.05) is 31.2 Å². The smallest absolute Gasteiger partial charge is 0.338 e. The predicted molar refractivity (Wildman–Crippen MR) is 137 cm³/mol. The van der Waals surface area contributed by atoms with E-state index in [0.29, 0.717) is 22.1 Å². The van der Waals surface area contributed by atoms with Crippen LogP contribution in [0, 0.1) is 0 Å². The Hall–Kier alpha value is -3.46. The average Bonchev–Trinajstić information content (AvgIpc) is 2.83. The van der Waals surface area contributed by atoms with Gasteiger partial charge in [0.15, 0.2) is 5.17 Å². The molecule has 1 aliphatic heterocycles. The van der Waals surface area contributed by atoms with E-state index in [1.807, 2.05) is 50.2 Å². The first-order valence-electron chi connectivity index (χ1n) is 10.9. The van der Waals surface area contributed by atoms with Crippen molar-refractivity contribution in [2.75, 3.05) is 43.8 Å². The van der Waals surface area contributed by atoms with Gasteiger partial charge in [0.2, 0.25) is 5.91 Å². The maximum absolute atomic E-state index is 12.7. The quantitative estimate of drug-likeness (QED) is 0.550. The molecule has 180 valence electrons. The van der Waals surface area contributed by atoms with Gasteiger partial charge in [-0.1, -0.05) is 23.9 Å². The number of amidine groups is 1. The van der Waals surface area contributed by atoms with Gasteiger partial charge in [-0.25, -0.2) is 9.79 Å². The Morgan fingerprint density at radius 3 is 2.38 bits per heavy atom. The third-order valence-electron chi connectivity index (χ3n) is 5.15. The van der Waals surface area contributed by atoms with Crippen molar-refractivity contribution < 1.29 is 19.1 Å². The fourth-order valence-corrected chi connectivity index (χ4v) is 4.14. The van der Waals surface area contributed by atoms with Crippen LogP contribution in [-0.2, 0) is 14.3 Å². The van der Waals surface area contributed by atoms with Gasteiger partial charge in [0.25, 0.3) is 0 Å². The lowest BCUT2D eigenvalue weighted by atomic mass is 9.96. The van der Waals surface area contributed by atoms with Gasteiger partial charge in [-0.15, -0.1) is 0 Å². The second-order valence-electron chi connectivity index (χ2n) is 7.77. The van der Waals surface area contributed by atoms with Crippen LogP contribution in [0.15, 0.2) is 64.8 Å². The number of hydrogen-bond acceptors (Lipinski definition) is 8. The van der Waals surface area contributed by atoms with Crippen molar-refractivity contribution in [1.29, 1.82) is 0 Å². The number of carbonyl (C=O) groups is 2. The van der Waals surface area contributed by atoms with Crippen LogP contribution in [0.3, 0.4) is 0 Å². The molecule has 9 heteroatoms. The minimum Gasteiger partial charge on any atom is -0.497 e. The van der Waals surface area contributed by atoms with E-state index >= 15 is 0 Å². The Labute approximate surface area is 204 Å². The number of esters is 1. The molecular formula is C25H30N4O4S. The summed E-state index contributed by atoms with van der Waals surface area (Å²) >= 11 is 1.28. The number of nitrogens with zero attached hydrogens (tertiary/aromatic N) is 2. The maximum Gasteiger partial charge on any atom is 0.338 e. The summed E-state index contributed by atoms with van der Waals surface area (Å²) in [7, 11) is 5.53. The third kappa shape index (κ3) is 6.32. The second kappa shape index (κ2) is 11.6. The zero-order valence-corrected chi connectivity index (χ0v) is 20.9. The highest BCUT2D eigenvalue weighted by molar-refractivity contribution is 8.14. The molecule has 1 heterocycles. The van der Waals surface area contributed by atoms with Crippen LogP contribution in [0.1, 0.15) is 25.5 Å². The molecule has 2 aromatic carbocycles. The molecular weight excluding hydrogens is 452 g/mol. The summed E-state index contributed by atoms with van der Waals surface area (Å²) < 4.78 is 10.4. The number of anilines is 2. The molecule has 0 spiro atoms. The van der Waals surface area contributed by atoms with Crippen molar-refractivity contribution in [3.63, 3.8) is 0 Å². The number of nitrogens with one attached hydrogen (secondary N) is 2. The van der Waals surface area contributed by atoms with Crippen LogP contribution in [0.25, 0.3) is 0 Å². The second-order valence-corrected chi connectivity index (χ2v) is 8.74. The van der Waals surface area contributed by atoms with Crippen molar-refractivity contribution in [1.82, 2.24) is 5.32 Å². The van der Waals surface area contributed by atoms with Crippen molar-refractivity contribution >= 4 is 40.2 Å². The molecule has 0 unspecified atom stereocenters. The number of ether oxygens (including phenoxy) is 2. The Balaban J connectivity index is 1.76. The van der Waals surface area contributed by atoms with Crippen LogP contribution in [0.5, 0.6) is 5.75 Å². The summed E-state index contributed by atoms with van der Waals surface area (Å²) in [6, 6.07) is 14.5. The number of aliphatic imine (C=N–C) groups is 1. The molecule has 1 amide bonds. The summed E-state index contributed by atoms with van der Waals surface area (Å²) in [6.07, 6.45) is 0. The Morgan fingerprint density at radius 2 is 1.79 bits per heavy atom. The number of methoxy groups -OCH3 is 1. The van der Waals surface area contributed by atoms with E-state index < -0.39 is 12.0 Å².